The summed E-state index contributed by atoms with van der Waals surface area (Å²) in [6.07, 6.45) is 3.07. The van der Waals surface area contributed by atoms with E-state index >= 15 is 0 Å². The van der Waals surface area contributed by atoms with E-state index in [-0.39, 0.29) is 63.1 Å². The molecule has 11 nitrogen and oxygen atoms in total. The Morgan fingerprint density at radius 2 is 1.70 bits per heavy atom. The van der Waals surface area contributed by atoms with Crippen molar-refractivity contribution < 1.29 is 38.7 Å². The Balaban J connectivity index is 0.000000566. The lowest BCUT2D eigenvalue weighted by Crippen LogP contribution is -2.03. The zero-order chi connectivity index (χ0) is 32.3. The van der Waals surface area contributed by atoms with Gasteiger partial charge in [-0.3, -0.25) is 0 Å². The number of methoxy groups -OCH3 is 3. The molecule has 3 heterocycles. The minimum Gasteiger partial charge on any atom is -0.504 e. The fourth-order valence-corrected chi connectivity index (χ4v) is 4.87. The van der Waals surface area contributed by atoms with Crippen LogP contribution in [0.5, 0.6) is 34.5 Å². The number of aliphatic hydroxyl groups excluding tert-OH is 1. The van der Waals surface area contributed by atoms with Crippen LogP contribution in [0.15, 0.2) is 62.1 Å². The largest absolute Gasteiger partial charge is 0.504 e. The van der Waals surface area contributed by atoms with Crippen LogP contribution in [-0.2, 0) is 0 Å². The number of phenolic OH excluding ortho intramolecular Hbond substituents is 2. The average Bonchev–Trinajstić information content (AvgIpc) is 3.35. The lowest BCUT2D eigenvalue weighted by atomic mass is 10.1. The van der Waals surface area contributed by atoms with Gasteiger partial charge in [0.2, 0.25) is 5.75 Å². The van der Waals surface area contributed by atoms with E-state index in [1.54, 1.807) is 42.6 Å². The third-order valence-corrected chi connectivity index (χ3v) is 7.57. The number of aromatic hydroxyl groups is 2. The van der Waals surface area contributed by atoms with Crippen molar-refractivity contribution in [3.05, 3.63) is 63.3 Å². The SMILES string of the molecule is C/C(C#N)=C\CO.COc1cc2c(cc1O)oc(=O)c1c2c(O/C(C)=C(\Cl)CCl)c2c3cc(OC)c(OC)c(O)c3ccn21. The lowest BCUT2D eigenvalue weighted by molar-refractivity contribution is 0.335. The summed E-state index contributed by atoms with van der Waals surface area (Å²) in [5, 5.41) is 39.5. The predicted octanol–water partition coefficient (Wildman–Crippen LogP) is 6.33. The van der Waals surface area contributed by atoms with E-state index in [0.717, 1.165) is 0 Å². The fraction of sp³-hybridized carbons (Fsp3) is 0.226. The maximum atomic E-state index is 13.3. The van der Waals surface area contributed by atoms with E-state index in [9.17, 15) is 15.0 Å². The molecule has 0 saturated heterocycles. The molecule has 3 aromatic heterocycles. The summed E-state index contributed by atoms with van der Waals surface area (Å²) in [6.45, 7) is 3.25. The number of pyridine rings is 1. The van der Waals surface area contributed by atoms with Gasteiger partial charge in [0.05, 0.1) is 55.8 Å². The highest BCUT2D eigenvalue weighted by Gasteiger charge is 2.26. The van der Waals surface area contributed by atoms with E-state index in [0.29, 0.717) is 38.4 Å². The summed E-state index contributed by atoms with van der Waals surface area (Å²) < 4.78 is 29.5. The number of phenols is 2. The van der Waals surface area contributed by atoms with E-state index in [1.807, 2.05) is 6.07 Å². The molecular formula is C31H28Cl2N2O9. The number of nitriles is 1. The molecule has 0 unspecified atom stereocenters. The molecule has 0 bridgehead atoms. The lowest BCUT2D eigenvalue weighted by Gasteiger charge is -2.14. The van der Waals surface area contributed by atoms with Gasteiger partial charge in [0.1, 0.15) is 16.9 Å². The molecule has 0 atom stereocenters. The standard InChI is InChI=1S/C26H21Cl2NO8.C5H7NO/c1-11(15(28)10-27)36-25-20-14-8-18(33-2)16(30)9-17(14)37-26(32)22(20)29-6-5-12-13(21(25)29)7-19(34-3)24(35-4)23(12)31;1-5(4-6)2-3-7/h5-9,30-31H,10H2,1-4H3;2,7H,3H2,1H3/b15-11-;5-2+. The van der Waals surface area contributed by atoms with Crippen molar-refractivity contribution in [1.82, 2.24) is 4.40 Å². The molecule has 13 heteroatoms. The molecular weight excluding hydrogens is 615 g/mol. The maximum absolute atomic E-state index is 13.3. The second-order valence-electron chi connectivity index (χ2n) is 9.30. The first kappa shape index (κ1) is 32.2. The van der Waals surface area contributed by atoms with Crippen molar-refractivity contribution in [3.8, 4) is 40.6 Å². The van der Waals surface area contributed by atoms with Gasteiger partial charge in [-0.1, -0.05) is 11.6 Å². The van der Waals surface area contributed by atoms with E-state index in [1.165, 1.54) is 33.5 Å². The van der Waals surface area contributed by atoms with Gasteiger partial charge >= 0.3 is 5.63 Å². The highest BCUT2D eigenvalue weighted by Crippen LogP contribution is 2.48. The van der Waals surface area contributed by atoms with E-state index in [4.69, 9.17) is 56.9 Å². The monoisotopic (exact) mass is 642 g/mol. The Bertz CT molecular complexity index is 2070. The number of nitrogens with zero attached hydrogens (tertiary/aromatic N) is 2. The summed E-state index contributed by atoms with van der Waals surface area (Å²) in [5.41, 5.74) is 0.590. The Hall–Kier alpha value is -4.76. The van der Waals surface area contributed by atoms with Gasteiger partial charge in [-0.15, -0.1) is 11.6 Å². The number of alkyl halides is 1. The molecule has 0 spiro atoms. The number of benzene rings is 2. The first-order valence-electron chi connectivity index (χ1n) is 12.9. The molecule has 5 rings (SSSR count). The molecule has 0 aliphatic heterocycles. The van der Waals surface area contributed by atoms with Crippen molar-refractivity contribution in [1.29, 1.82) is 5.26 Å². The molecule has 0 radical (unpaired) electrons. The molecule has 5 aromatic rings. The van der Waals surface area contributed by atoms with Crippen LogP contribution < -0.4 is 24.6 Å². The van der Waals surface area contributed by atoms with Crippen molar-refractivity contribution in [2.24, 2.45) is 0 Å². The van der Waals surface area contributed by atoms with Gasteiger partial charge in [0, 0.05) is 34.0 Å². The summed E-state index contributed by atoms with van der Waals surface area (Å²) in [5.74, 6) is 0.814. The quantitative estimate of drug-likeness (QED) is 0.0793. The molecule has 44 heavy (non-hydrogen) atoms. The fourth-order valence-electron chi connectivity index (χ4n) is 4.65. The summed E-state index contributed by atoms with van der Waals surface area (Å²) in [4.78, 5) is 13.3. The second-order valence-corrected chi connectivity index (χ2v) is 10.0. The van der Waals surface area contributed by atoms with Gasteiger partial charge < -0.3 is 43.1 Å². The highest BCUT2D eigenvalue weighted by molar-refractivity contribution is 6.36. The van der Waals surface area contributed by atoms with Gasteiger partial charge in [-0.2, -0.15) is 5.26 Å². The Morgan fingerprint density at radius 3 is 2.27 bits per heavy atom. The summed E-state index contributed by atoms with van der Waals surface area (Å²) in [6, 6.07) is 8.03. The second kappa shape index (κ2) is 13.3. The van der Waals surface area contributed by atoms with Crippen LogP contribution in [0.1, 0.15) is 13.8 Å². The number of allylic oxidation sites excluding steroid dienone is 3. The van der Waals surface area contributed by atoms with E-state index in [2.05, 4.69) is 0 Å². The molecule has 0 amide bonds. The molecule has 2 aromatic carbocycles. The zero-order valence-electron chi connectivity index (χ0n) is 24.3. The number of aliphatic hydroxyl groups is 1. The molecule has 0 aliphatic rings. The van der Waals surface area contributed by atoms with Crippen LogP contribution in [0.2, 0.25) is 0 Å². The van der Waals surface area contributed by atoms with Crippen LogP contribution in [0.25, 0.3) is 38.2 Å². The summed E-state index contributed by atoms with van der Waals surface area (Å²) >= 11 is 12.2. The predicted molar refractivity (Wildman–Crippen MR) is 168 cm³/mol. The van der Waals surface area contributed by atoms with Crippen LogP contribution in [-0.4, -0.2) is 53.5 Å². The topological polar surface area (TPSA) is 156 Å². The number of hydrogen-bond donors (Lipinski definition) is 3. The first-order chi connectivity index (χ1) is 21.1. The Labute approximate surface area is 260 Å². The number of aromatic nitrogens is 1. The van der Waals surface area contributed by atoms with Crippen molar-refractivity contribution in [2.75, 3.05) is 33.8 Å². The van der Waals surface area contributed by atoms with Crippen molar-refractivity contribution in [2.45, 2.75) is 13.8 Å². The van der Waals surface area contributed by atoms with Gasteiger partial charge in [-0.05, 0) is 38.1 Å². The first-order valence-corrected chi connectivity index (χ1v) is 13.8. The van der Waals surface area contributed by atoms with Crippen LogP contribution in [0, 0.1) is 11.3 Å². The Morgan fingerprint density at radius 1 is 1.02 bits per heavy atom. The smallest absolute Gasteiger partial charge is 0.361 e. The van der Waals surface area contributed by atoms with Crippen molar-refractivity contribution >= 4 is 61.4 Å². The normalized spacial score (nSPS) is 12.1. The summed E-state index contributed by atoms with van der Waals surface area (Å²) in [7, 11) is 4.28. The van der Waals surface area contributed by atoms with Gasteiger partial charge in [0.15, 0.2) is 28.7 Å². The number of fused-ring (bicyclic) bond motifs is 7. The van der Waals surface area contributed by atoms with Crippen molar-refractivity contribution in [3.63, 3.8) is 0 Å². The van der Waals surface area contributed by atoms with Crippen LogP contribution >= 0.6 is 23.2 Å². The van der Waals surface area contributed by atoms with E-state index < -0.39 is 5.63 Å². The molecule has 0 saturated carbocycles. The zero-order valence-corrected chi connectivity index (χ0v) is 25.8. The minimum atomic E-state index is -0.675. The molecule has 3 N–H and O–H groups in total. The number of halogens is 2. The number of rotatable bonds is 7. The maximum Gasteiger partial charge on any atom is 0.361 e. The van der Waals surface area contributed by atoms with Gasteiger partial charge in [-0.25, -0.2) is 4.79 Å². The number of ether oxygens (including phenoxy) is 4. The minimum absolute atomic E-state index is 0.00818. The Kier molecular flexibility index (Phi) is 9.69. The third kappa shape index (κ3) is 5.63. The molecule has 0 fully saturated rings. The van der Waals surface area contributed by atoms with Gasteiger partial charge in [0.25, 0.3) is 0 Å². The average molecular weight is 643 g/mol. The van der Waals surface area contributed by atoms with Crippen LogP contribution in [0.4, 0.5) is 0 Å². The number of hydrogen-bond acceptors (Lipinski definition) is 10. The highest BCUT2D eigenvalue weighted by atomic mass is 35.5. The molecule has 0 aliphatic carbocycles. The molecule has 230 valence electrons. The third-order valence-electron chi connectivity index (χ3n) is 6.76. The van der Waals surface area contributed by atoms with Crippen LogP contribution in [0.3, 0.4) is 0 Å².